The van der Waals surface area contributed by atoms with Crippen LogP contribution in [0, 0.1) is 23.2 Å². The molecule has 0 aliphatic carbocycles. The topological polar surface area (TPSA) is 129 Å². The van der Waals surface area contributed by atoms with Crippen molar-refractivity contribution in [2.24, 2.45) is 16.8 Å². The molecule has 1 aromatic rings. The van der Waals surface area contributed by atoms with Crippen LogP contribution in [0.4, 0.5) is 5.69 Å². The van der Waals surface area contributed by atoms with Gasteiger partial charge >= 0.3 is 0 Å². The van der Waals surface area contributed by atoms with Gasteiger partial charge in [-0.3, -0.25) is 14.6 Å². The zero-order chi connectivity index (χ0) is 26.9. The van der Waals surface area contributed by atoms with E-state index in [0.717, 1.165) is 48.0 Å². The first kappa shape index (κ1) is 28.7. The van der Waals surface area contributed by atoms with E-state index in [9.17, 15) is 25.1 Å². The molecular weight excluding hydrogens is 490 g/mol. The van der Waals surface area contributed by atoms with Crippen molar-refractivity contribution in [3.05, 3.63) is 40.8 Å². The number of nitrogens with zero attached hydrogens (tertiary/aromatic N) is 4. The predicted octanol–water partition coefficient (Wildman–Crippen LogP) is 2.15. The molecular formula is C27H37N5O4S. The summed E-state index contributed by atoms with van der Waals surface area (Å²) in [5.74, 6) is -0.983. The molecule has 0 aromatic heterocycles. The highest BCUT2D eigenvalue weighted by atomic mass is 32.2. The van der Waals surface area contributed by atoms with E-state index < -0.39 is 24.0 Å². The second-order valence-corrected chi connectivity index (χ2v) is 11.0. The van der Waals surface area contributed by atoms with Crippen molar-refractivity contribution in [3.8, 4) is 6.07 Å². The molecule has 3 N–H and O–H groups in total. The SMILES string of the molecule is CN=C(C)SC1=CCN(C(=O)[C@H](O)[C@@H](O)C(=O)NCC2CCN(c3ccccc3C#N)CC2C)CCC1. The molecule has 3 rings (SSSR count). The summed E-state index contributed by atoms with van der Waals surface area (Å²) < 4.78 is 0. The first-order valence-corrected chi connectivity index (χ1v) is 13.5. The Kier molecular flexibility index (Phi) is 10.6. The quantitative estimate of drug-likeness (QED) is 0.366. The number of carbonyl (C=O) groups excluding carboxylic acids is 2. The van der Waals surface area contributed by atoms with Crippen LogP contribution in [-0.4, -0.2) is 84.0 Å². The number of nitriles is 1. The van der Waals surface area contributed by atoms with Crippen LogP contribution < -0.4 is 10.2 Å². The fraction of sp³-hybridized carbons (Fsp3) is 0.556. The van der Waals surface area contributed by atoms with Gasteiger partial charge < -0.3 is 25.3 Å². The van der Waals surface area contributed by atoms with E-state index in [4.69, 9.17) is 0 Å². The highest BCUT2D eigenvalue weighted by molar-refractivity contribution is 8.17. The highest BCUT2D eigenvalue weighted by Gasteiger charge is 2.34. The largest absolute Gasteiger partial charge is 0.380 e. The number of carbonyl (C=O) groups is 2. The number of amides is 2. The number of aliphatic imine (C=N–C) groups is 1. The summed E-state index contributed by atoms with van der Waals surface area (Å²) in [7, 11) is 1.73. The number of hydrogen-bond acceptors (Lipinski definition) is 8. The van der Waals surface area contributed by atoms with Gasteiger partial charge in [0.25, 0.3) is 11.8 Å². The van der Waals surface area contributed by atoms with Crippen LogP contribution in [0.1, 0.15) is 38.7 Å². The van der Waals surface area contributed by atoms with Crippen molar-refractivity contribution in [2.75, 3.05) is 44.7 Å². The van der Waals surface area contributed by atoms with Gasteiger partial charge in [0.15, 0.2) is 12.2 Å². The third kappa shape index (κ3) is 7.57. The van der Waals surface area contributed by atoms with Crippen LogP contribution in [0.3, 0.4) is 0 Å². The fourth-order valence-electron chi connectivity index (χ4n) is 4.74. The van der Waals surface area contributed by atoms with Crippen LogP contribution in [0.5, 0.6) is 0 Å². The minimum absolute atomic E-state index is 0.177. The first-order chi connectivity index (χ1) is 17.7. The van der Waals surface area contributed by atoms with Gasteiger partial charge in [-0.05, 0) is 55.1 Å². The standard InChI is InChI=1S/C27H37N5O4S/c1-18-17-32(23-9-5-4-7-20(23)15-28)13-10-21(18)16-30-26(35)24(33)25(34)27(36)31-12-6-8-22(11-14-31)37-19(2)29-3/h4-5,7,9,11,18,21,24-25,33-34H,6,8,10,12-14,16-17H2,1-3H3,(H,30,35)/t18?,21?,24-,25-/m1/s1. The number of hydrogen-bond donors (Lipinski definition) is 3. The normalized spacial score (nSPS) is 22.4. The molecule has 2 aliphatic heterocycles. The molecule has 0 spiro atoms. The lowest BCUT2D eigenvalue weighted by atomic mass is 9.86. The number of piperidine rings is 1. The molecule has 10 heteroatoms. The van der Waals surface area contributed by atoms with Crippen LogP contribution in [-0.2, 0) is 9.59 Å². The van der Waals surface area contributed by atoms with Gasteiger partial charge in [-0.15, -0.1) is 0 Å². The molecule has 0 saturated carbocycles. The molecule has 4 atom stereocenters. The Balaban J connectivity index is 1.49. The number of anilines is 1. The maximum absolute atomic E-state index is 12.8. The predicted molar refractivity (Wildman–Crippen MR) is 146 cm³/mol. The molecule has 0 radical (unpaired) electrons. The van der Waals surface area contributed by atoms with Gasteiger partial charge in [0.1, 0.15) is 6.07 Å². The number of nitrogens with one attached hydrogen (secondary N) is 1. The monoisotopic (exact) mass is 527 g/mol. The third-order valence-electron chi connectivity index (χ3n) is 7.10. The van der Waals surface area contributed by atoms with E-state index in [1.165, 1.54) is 4.90 Å². The number of para-hydroxylation sites is 1. The Morgan fingerprint density at radius 2 is 2.03 bits per heavy atom. The van der Waals surface area contributed by atoms with E-state index >= 15 is 0 Å². The minimum Gasteiger partial charge on any atom is -0.380 e. The number of thioether (sulfide) groups is 1. The lowest BCUT2D eigenvalue weighted by Gasteiger charge is -2.38. The van der Waals surface area contributed by atoms with Gasteiger partial charge in [-0.1, -0.05) is 36.9 Å². The van der Waals surface area contributed by atoms with Gasteiger partial charge in [-0.25, -0.2) is 0 Å². The highest BCUT2D eigenvalue weighted by Crippen LogP contribution is 2.29. The van der Waals surface area contributed by atoms with Crippen molar-refractivity contribution >= 4 is 34.3 Å². The average Bonchev–Trinajstić information content (AvgIpc) is 3.16. The molecule has 2 heterocycles. The zero-order valence-electron chi connectivity index (χ0n) is 21.8. The van der Waals surface area contributed by atoms with Crippen molar-refractivity contribution in [1.82, 2.24) is 10.2 Å². The molecule has 0 bridgehead atoms. The van der Waals surface area contributed by atoms with E-state index in [0.29, 0.717) is 25.2 Å². The molecule has 37 heavy (non-hydrogen) atoms. The Morgan fingerprint density at radius 1 is 1.27 bits per heavy atom. The van der Waals surface area contributed by atoms with Crippen molar-refractivity contribution < 1.29 is 19.8 Å². The summed E-state index contributed by atoms with van der Waals surface area (Å²) in [6, 6.07) is 9.76. The number of aliphatic hydroxyl groups excluding tert-OH is 2. The Labute approximate surface area is 223 Å². The smallest absolute Gasteiger partial charge is 0.254 e. The molecule has 1 aromatic carbocycles. The number of benzene rings is 1. The summed E-state index contributed by atoms with van der Waals surface area (Å²) in [6.07, 6.45) is 0.628. The van der Waals surface area contributed by atoms with Crippen LogP contribution in [0.25, 0.3) is 0 Å². The molecule has 2 amide bonds. The summed E-state index contributed by atoms with van der Waals surface area (Å²) in [6.45, 7) is 6.62. The Hall–Kier alpha value is -2.87. The van der Waals surface area contributed by atoms with Gasteiger partial charge in [0.05, 0.1) is 16.3 Å². The fourth-order valence-corrected chi connectivity index (χ4v) is 5.61. The van der Waals surface area contributed by atoms with Gasteiger partial charge in [0, 0.05) is 39.8 Å². The molecule has 2 aliphatic rings. The second-order valence-electron chi connectivity index (χ2n) is 9.64. The lowest BCUT2D eigenvalue weighted by Crippen LogP contribution is -2.52. The number of allylic oxidation sites excluding steroid dienone is 1. The van der Waals surface area contributed by atoms with E-state index in [1.54, 1.807) is 18.8 Å². The average molecular weight is 528 g/mol. The van der Waals surface area contributed by atoms with Crippen molar-refractivity contribution in [3.63, 3.8) is 0 Å². The lowest BCUT2D eigenvalue weighted by molar-refractivity contribution is -0.152. The maximum atomic E-state index is 12.8. The van der Waals surface area contributed by atoms with Crippen LogP contribution in [0.15, 0.2) is 40.2 Å². The molecule has 200 valence electrons. The summed E-state index contributed by atoms with van der Waals surface area (Å²) in [4.78, 5) is 34.3. The van der Waals surface area contributed by atoms with Crippen molar-refractivity contribution in [2.45, 2.75) is 45.3 Å². The second kappa shape index (κ2) is 13.6. The number of aliphatic hydroxyl groups is 2. The first-order valence-electron chi connectivity index (χ1n) is 12.7. The van der Waals surface area contributed by atoms with E-state index in [1.807, 2.05) is 37.3 Å². The summed E-state index contributed by atoms with van der Waals surface area (Å²) in [5.41, 5.74) is 1.56. The summed E-state index contributed by atoms with van der Waals surface area (Å²) >= 11 is 1.57. The van der Waals surface area contributed by atoms with Gasteiger partial charge in [0.2, 0.25) is 0 Å². The zero-order valence-corrected chi connectivity index (χ0v) is 22.6. The van der Waals surface area contributed by atoms with Gasteiger partial charge in [-0.2, -0.15) is 5.26 Å². The summed E-state index contributed by atoms with van der Waals surface area (Å²) in [5, 5.41) is 33.9. The minimum atomic E-state index is -1.83. The van der Waals surface area contributed by atoms with Crippen molar-refractivity contribution in [1.29, 1.82) is 5.26 Å². The van der Waals surface area contributed by atoms with Crippen LogP contribution in [0.2, 0.25) is 0 Å². The molecule has 2 unspecified atom stereocenters. The Morgan fingerprint density at radius 3 is 2.73 bits per heavy atom. The molecule has 9 nitrogen and oxygen atoms in total. The number of rotatable bonds is 7. The van der Waals surface area contributed by atoms with Crippen LogP contribution >= 0.6 is 11.8 Å². The molecule has 1 fully saturated rings. The third-order valence-corrected chi connectivity index (χ3v) is 8.21. The van der Waals surface area contributed by atoms with E-state index in [-0.39, 0.29) is 11.8 Å². The maximum Gasteiger partial charge on any atom is 0.254 e. The van der Waals surface area contributed by atoms with E-state index in [2.05, 4.69) is 28.2 Å². The molecule has 1 saturated heterocycles. The Bertz CT molecular complexity index is 1070.